The third-order valence-corrected chi connectivity index (χ3v) is 6.09. The highest BCUT2D eigenvalue weighted by molar-refractivity contribution is 5.76. The lowest BCUT2D eigenvalue weighted by molar-refractivity contribution is 0.414. The van der Waals surface area contributed by atoms with E-state index in [1.807, 2.05) is 60.7 Å². The molecular formula is C30H30O4. The summed E-state index contributed by atoms with van der Waals surface area (Å²) in [7, 11) is 3.33. The molecule has 2 N–H and O–H groups in total. The number of methoxy groups -OCH3 is 2. The van der Waals surface area contributed by atoms with Crippen molar-refractivity contribution in [2.75, 3.05) is 14.2 Å². The van der Waals surface area contributed by atoms with Crippen LogP contribution in [0.15, 0.2) is 84.9 Å². The minimum absolute atomic E-state index is 0.169. The number of hydrogen-bond acceptors (Lipinski definition) is 4. The van der Waals surface area contributed by atoms with Crippen molar-refractivity contribution in [3.8, 4) is 34.1 Å². The topological polar surface area (TPSA) is 58.9 Å². The third kappa shape index (κ3) is 5.70. The van der Waals surface area contributed by atoms with Crippen LogP contribution in [0.5, 0.6) is 23.0 Å². The second kappa shape index (κ2) is 10.8. The molecule has 34 heavy (non-hydrogen) atoms. The lowest BCUT2D eigenvalue weighted by Crippen LogP contribution is -1.94. The van der Waals surface area contributed by atoms with Gasteiger partial charge < -0.3 is 19.7 Å². The van der Waals surface area contributed by atoms with Gasteiger partial charge in [-0.2, -0.15) is 0 Å². The molecule has 0 heterocycles. The third-order valence-electron chi connectivity index (χ3n) is 6.09. The Morgan fingerprint density at radius 1 is 0.500 bits per heavy atom. The Kier molecular flexibility index (Phi) is 7.38. The quantitative estimate of drug-likeness (QED) is 0.309. The van der Waals surface area contributed by atoms with Crippen LogP contribution in [-0.4, -0.2) is 24.4 Å². The molecule has 0 bridgehead atoms. The lowest BCUT2D eigenvalue weighted by atomic mass is 9.96. The number of rotatable bonds is 9. The van der Waals surface area contributed by atoms with Gasteiger partial charge in [-0.3, -0.25) is 0 Å². The van der Waals surface area contributed by atoms with E-state index in [-0.39, 0.29) is 11.5 Å². The van der Waals surface area contributed by atoms with E-state index in [2.05, 4.69) is 12.1 Å². The Morgan fingerprint density at radius 3 is 1.24 bits per heavy atom. The average molecular weight is 455 g/mol. The van der Waals surface area contributed by atoms with E-state index in [9.17, 15) is 10.2 Å². The van der Waals surface area contributed by atoms with Crippen LogP contribution >= 0.6 is 0 Å². The van der Waals surface area contributed by atoms with Crippen molar-refractivity contribution < 1.29 is 19.7 Å². The highest BCUT2D eigenvalue weighted by Gasteiger charge is 2.11. The van der Waals surface area contributed by atoms with E-state index in [1.165, 1.54) is 11.1 Å². The first-order valence-corrected chi connectivity index (χ1v) is 11.5. The maximum absolute atomic E-state index is 10.7. The summed E-state index contributed by atoms with van der Waals surface area (Å²) >= 11 is 0. The van der Waals surface area contributed by atoms with Gasteiger partial charge in [0.05, 0.1) is 14.2 Å². The van der Waals surface area contributed by atoms with E-state index in [1.54, 1.807) is 26.4 Å². The fourth-order valence-corrected chi connectivity index (χ4v) is 4.15. The maximum atomic E-state index is 10.7. The van der Waals surface area contributed by atoms with Crippen molar-refractivity contribution in [3.05, 3.63) is 107 Å². The summed E-state index contributed by atoms with van der Waals surface area (Å²) in [5.74, 6) is 2.03. The molecule has 4 rings (SSSR count). The standard InChI is InChI=1S/C30H30O4/c1-33-25-7-3-5-21(17-25)9-11-23-13-15-27(29(31)19-23)28-16-14-24(20-30(28)32)12-10-22-6-4-8-26(18-22)34-2/h3-8,13-20,31-32H,9-12H2,1-2H3. The summed E-state index contributed by atoms with van der Waals surface area (Å²) in [5.41, 5.74) is 5.70. The predicted octanol–water partition coefficient (Wildman–Crippen LogP) is 6.35. The minimum Gasteiger partial charge on any atom is -0.507 e. The van der Waals surface area contributed by atoms with Crippen molar-refractivity contribution in [2.24, 2.45) is 0 Å². The second-order valence-electron chi connectivity index (χ2n) is 8.41. The number of benzene rings is 4. The van der Waals surface area contributed by atoms with E-state index in [0.29, 0.717) is 11.1 Å². The molecule has 174 valence electrons. The van der Waals surface area contributed by atoms with Gasteiger partial charge in [-0.25, -0.2) is 0 Å². The number of ether oxygens (including phenoxy) is 2. The Hall–Kier alpha value is -3.92. The molecule has 0 aromatic heterocycles. The molecule has 0 aliphatic rings. The van der Waals surface area contributed by atoms with Crippen molar-refractivity contribution in [1.29, 1.82) is 0 Å². The van der Waals surface area contributed by atoms with Gasteiger partial charge in [0.2, 0.25) is 0 Å². The van der Waals surface area contributed by atoms with Crippen molar-refractivity contribution in [2.45, 2.75) is 25.7 Å². The first-order valence-electron chi connectivity index (χ1n) is 11.5. The van der Waals surface area contributed by atoms with E-state index < -0.39 is 0 Å². The zero-order valence-corrected chi connectivity index (χ0v) is 19.6. The molecule has 0 saturated carbocycles. The normalized spacial score (nSPS) is 10.8. The molecule has 0 atom stereocenters. The van der Waals surface area contributed by atoms with E-state index in [4.69, 9.17) is 9.47 Å². The van der Waals surface area contributed by atoms with Gasteiger partial charge in [0.15, 0.2) is 0 Å². The predicted molar refractivity (Wildman–Crippen MR) is 136 cm³/mol. The van der Waals surface area contributed by atoms with Gasteiger partial charge in [0.25, 0.3) is 0 Å². The minimum atomic E-state index is 0.169. The SMILES string of the molecule is COc1cccc(CCc2ccc(-c3ccc(CCc4cccc(OC)c4)cc3O)c(O)c2)c1. The van der Waals surface area contributed by atoms with Crippen LogP contribution in [0, 0.1) is 0 Å². The zero-order valence-electron chi connectivity index (χ0n) is 19.6. The molecule has 4 aromatic rings. The smallest absolute Gasteiger partial charge is 0.123 e. The van der Waals surface area contributed by atoms with Crippen molar-refractivity contribution >= 4 is 0 Å². The Bertz CT molecular complexity index is 1160. The van der Waals surface area contributed by atoms with Crippen LogP contribution in [0.2, 0.25) is 0 Å². The molecule has 0 fully saturated rings. The van der Waals surface area contributed by atoms with Gasteiger partial charge in [0, 0.05) is 11.1 Å². The number of aromatic hydroxyl groups is 2. The fraction of sp³-hybridized carbons (Fsp3) is 0.200. The Labute approximate surface area is 201 Å². The van der Waals surface area contributed by atoms with E-state index >= 15 is 0 Å². The van der Waals surface area contributed by atoms with E-state index in [0.717, 1.165) is 48.3 Å². The Balaban J connectivity index is 1.43. The fourth-order valence-electron chi connectivity index (χ4n) is 4.15. The maximum Gasteiger partial charge on any atom is 0.123 e. The summed E-state index contributed by atoms with van der Waals surface area (Å²) in [6, 6.07) is 27.4. The molecule has 0 spiro atoms. The number of aryl methyl sites for hydroxylation is 4. The summed E-state index contributed by atoms with van der Waals surface area (Å²) in [5, 5.41) is 21.4. The van der Waals surface area contributed by atoms with Gasteiger partial charge >= 0.3 is 0 Å². The van der Waals surface area contributed by atoms with Crippen molar-refractivity contribution in [3.63, 3.8) is 0 Å². The molecule has 0 aliphatic heterocycles. The molecule has 4 aromatic carbocycles. The highest BCUT2D eigenvalue weighted by atomic mass is 16.5. The van der Waals surface area contributed by atoms with Crippen LogP contribution in [0.4, 0.5) is 0 Å². The molecule has 4 heteroatoms. The molecule has 4 nitrogen and oxygen atoms in total. The van der Waals surface area contributed by atoms with Crippen LogP contribution < -0.4 is 9.47 Å². The van der Waals surface area contributed by atoms with Crippen LogP contribution in [0.25, 0.3) is 11.1 Å². The van der Waals surface area contributed by atoms with Gasteiger partial charge in [0.1, 0.15) is 23.0 Å². The summed E-state index contributed by atoms with van der Waals surface area (Å²) in [4.78, 5) is 0. The molecule has 0 saturated heterocycles. The molecular weight excluding hydrogens is 424 g/mol. The molecule has 0 amide bonds. The number of phenolic OH excluding ortho intramolecular Hbond substituents is 2. The van der Waals surface area contributed by atoms with Crippen LogP contribution in [0.3, 0.4) is 0 Å². The monoisotopic (exact) mass is 454 g/mol. The summed E-state index contributed by atoms with van der Waals surface area (Å²) < 4.78 is 10.6. The number of hydrogen-bond donors (Lipinski definition) is 2. The molecule has 0 unspecified atom stereocenters. The van der Waals surface area contributed by atoms with Crippen LogP contribution in [-0.2, 0) is 25.7 Å². The average Bonchev–Trinajstić information content (AvgIpc) is 2.87. The van der Waals surface area contributed by atoms with Crippen molar-refractivity contribution in [1.82, 2.24) is 0 Å². The van der Waals surface area contributed by atoms with Crippen LogP contribution in [0.1, 0.15) is 22.3 Å². The highest BCUT2D eigenvalue weighted by Crippen LogP contribution is 2.36. The number of phenols is 2. The van der Waals surface area contributed by atoms with Gasteiger partial charge in [-0.05, 0) is 84.3 Å². The first-order chi connectivity index (χ1) is 16.6. The second-order valence-corrected chi connectivity index (χ2v) is 8.41. The van der Waals surface area contributed by atoms with Gasteiger partial charge in [-0.1, -0.05) is 48.5 Å². The first kappa shape index (κ1) is 23.2. The zero-order chi connectivity index (χ0) is 23.9. The lowest BCUT2D eigenvalue weighted by Gasteiger charge is -2.11. The summed E-state index contributed by atoms with van der Waals surface area (Å²) in [6.07, 6.45) is 3.30. The molecule has 0 aliphatic carbocycles. The Morgan fingerprint density at radius 2 is 0.882 bits per heavy atom. The van der Waals surface area contributed by atoms with Gasteiger partial charge in [-0.15, -0.1) is 0 Å². The summed E-state index contributed by atoms with van der Waals surface area (Å²) in [6.45, 7) is 0. The largest absolute Gasteiger partial charge is 0.507 e. The molecule has 0 radical (unpaired) electrons.